The SMILES string of the molecule is Cc1ccc(-n2nc(N3CCN(S(=O)(=O)c4ccccc4C)CC3)ccc2=O)cc1. The Kier molecular flexibility index (Phi) is 5.44. The minimum atomic E-state index is -3.53. The van der Waals surface area contributed by atoms with E-state index in [9.17, 15) is 13.2 Å². The topological polar surface area (TPSA) is 75.5 Å². The van der Waals surface area contributed by atoms with Crippen molar-refractivity contribution in [3.8, 4) is 5.69 Å². The first-order valence-electron chi connectivity index (χ1n) is 9.84. The normalized spacial score (nSPS) is 15.3. The molecule has 0 amide bonds. The summed E-state index contributed by atoms with van der Waals surface area (Å²) in [6.07, 6.45) is 0. The maximum Gasteiger partial charge on any atom is 0.271 e. The molecular formula is C22H24N4O3S. The Morgan fingerprint density at radius 1 is 0.833 bits per heavy atom. The first-order chi connectivity index (χ1) is 14.4. The zero-order valence-corrected chi connectivity index (χ0v) is 17.8. The molecule has 0 radical (unpaired) electrons. The highest BCUT2D eigenvalue weighted by Crippen LogP contribution is 2.22. The van der Waals surface area contributed by atoms with Gasteiger partial charge in [0.1, 0.15) is 5.82 Å². The molecule has 156 valence electrons. The lowest BCUT2D eigenvalue weighted by molar-refractivity contribution is 0.383. The fraction of sp³-hybridized carbons (Fsp3) is 0.273. The van der Waals surface area contributed by atoms with Gasteiger partial charge in [-0.15, -0.1) is 5.10 Å². The lowest BCUT2D eigenvalue weighted by Crippen LogP contribution is -2.49. The number of hydrogen-bond acceptors (Lipinski definition) is 5. The van der Waals surface area contributed by atoms with Crippen LogP contribution in [0.4, 0.5) is 5.82 Å². The molecule has 2 aromatic carbocycles. The van der Waals surface area contributed by atoms with Crippen molar-refractivity contribution in [2.75, 3.05) is 31.1 Å². The smallest absolute Gasteiger partial charge is 0.271 e. The largest absolute Gasteiger partial charge is 0.353 e. The van der Waals surface area contributed by atoms with Crippen LogP contribution in [0.3, 0.4) is 0 Å². The van der Waals surface area contributed by atoms with Crippen LogP contribution in [-0.4, -0.2) is 48.7 Å². The van der Waals surface area contributed by atoms with Gasteiger partial charge in [0, 0.05) is 32.2 Å². The molecule has 0 aliphatic carbocycles. The van der Waals surface area contributed by atoms with E-state index in [1.807, 2.05) is 42.2 Å². The van der Waals surface area contributed by atoms with Crippen LogP contribution in [0.25, 0.3) is 5.69 Å². The summed E-state index contributed by atoms with van der Waals surface area (Å²) < 4.78 is 28.9. The lowest BCUT2D eigenvalue weighted by Gasteiger charge is -2.34. The summed E-state index contributed by atoms with van der Waals surface area (Å²) >= 11 is 0. The molecule has 0 atom stereocenters. The molecule has 0 bridgehead atoms. The standard InChI is InChI=1S/C22H24N4O3S/c1-17-7-9-19(10-8-17)26-22(27)12-11-21(23-26)24-13-15-25(16-14-24)30(28,29)20-6-4-3-5-18(20)2/h3-12H,13-16H2,1-2H3. The Hall–Kier alpha value is -2.97. The van der Waals surface area contributed by atoms with Crippen molar-refractivity contribution < 1.29 is 8.42 Å². The number of hydrogen-bond donors (Lipinski definition) is 0. The third-order valence-corrected chi connectivity index (χ3v) is 7.40. The van der Waals surface area contributed by atoms with E-state index < -0.39 is 10.0 Å². The van der Waals surface area contributed by atoms with E-state index in [2.05, 4.69) is 5.10 Å². The number of sulfonamides is 1. The molecule has 1 aliphatic heterocycles. The molecule has 1 aliphatic rings. The summed E-state index contributed by atoms with van der Waals surface area (Å²) in [5, 5.41) is 4.52. The van der Waals surface area contributed by atoms with E-state index in [0.717, 1.165) is 11.1 Å². The highest BCUT2D eigenvalue weighted by molar-refractivity contribution is 7.89. The Labute approximate surface area is 176 Å². The van der Waals surface area contributed by atoms with E-state index in [1.54, 1.807) is 31.2 Å². The third-order valence-electron chi connectivity index (χ3n) is 5.34. The first-order valence-corrected chi connectivity index (χ1v) is 11.3. The van der Waals surface area contributed by atoms with Gasteiger partial charge >= 0.3 is 0 Å². The first kappa shape index (κ1) is 20.3. The van der Waals surface area contributed by atoms with Gasteiger partial charge in [-0.2, -0.15) is 8.99 Å². The van der Waals surface area contributed by atoms with Crippen LogP contribution in [0.5, 0.6) is 0 Å². The molecule has 7 nitrogen and oxygen atoms in total. The summed E-state index contributed by atoms with van der Waals surface area (Å²) in [6.45, 7) is 5.53. The second kappa shape index (κ2) is 8.04. The van der Waals surface area contributed by atoms with E-state index in [-0.39, 0.29) is 5.56 Å². The Morgan fingerprint density at radius 2 is 1.50 bits per heavy atom. The maximum absolute atomic E-state index is 13.0. The predicted octanol–water partition coefficient (Wildman–Crippen LogP) is 2.36. The van der Waals surface area contributed by atoms with Crippen molar-refractivity contribution in [3.05, 3.63) is 82.1 Å². The van der Waals surface area contributed by atoms with Gasteiger partial charge in [-0.1, -0.05) is 35.9 Å². The van der Waals surface area contributed by atoms with Crippen LogP contribution < -0.4 is 10.5 Å². The van der Waals surface area contributed by atoms with Crippen LogP contribution in [-0.2, 0) is 10.0 Å². The molecule has 30 heavy (non-hydrogen) atoms. The molecule has 2 heterocycles. The van der Waals surface area contributed by atoms with Crippen LogP contribution in [0.15, 0.2) is 70.4 Å². The van der Waals surface area contributed by atoms with Crippen LogP contribution in [0.2, 0.25) is 0 Å². The van der Waals surface area contributed by atoms with Crippen LogP contribution in [0, 0.1) is 13.8 Å². The summed E-state index contributed by atoms with van der Waals surface area (Å²) in [6, 6.07) is 17.8. The van der Waals surface area contributed by atoms with Gasteiger partial charge in [-0.05, 0) is 43.7 Å². The number of benzene rings is 2. The van der Waals surface area contributed by atoms with Crippen molar-refractivity contribution in [2.24, 2.45) is 0 Å². The summed E-state index contributed by atoms with van der Waals surface area (Å²) in [5.74, 6) is 0.656. The van der Waals surface area contributed by atoms with Crippen LogP contribution in [0.1, 0.15) is 11.1 Å². The van der Waals surface area contributed by atoms with E-state index in [0.29, 0.717) is 42.6 Å². The summed E-state index contributed by atoms with van der Waals surface area (Å²) in [7, 11) is -3.53. The Bertz CT molecular complexity index is 1210. The van der Waals surface area contributed by atoms with Crippen molar-refractivity contribution in [1.82, 2.24) is 14.1 Å². The van der Waals surface area contributed by atoms with Gasteiger partial charge in [0.2, 0.25) is 10.0 Å². The van der Waals surface area contributed by atoms with E-state index in [4.69, 9.17) is 0 Å². The van der Waals surface area contributed by atoms with Crippen molar-refractivity contribution >= 4 is 15.8 Å². The molecule has 1 fully saturated rings. The maximum atomic E-state index is 13.0. The molecule has 0 saturated carbocycles. The highest BCUT2D eigenvalue weighted by atomic mass is 32.2. The van der Waals surface area contributed by atoms with Gasteiger partial charge in [0.25, 0.3) is 5.56 Å². The fourth-order valence-electron chi connectivity index (χ4n) is 3.58. The number of piperazine rings is 1. The molecular weight excluding hydrogens is 400 g/mol. The van der Waals surface area contributed by atoms with Gasteiger partial charge < -0.3 is 4.90 Å². The highest BCUT2D eigenvalue weighted by Gasteiger charge is 2.30. The molecule has 1 saturated heterocycles. The Balaban J connectivity index is 1.53. The minimum absolute atomic E-state index is 0.205. The quantitative estimate of drug-likeness (QED) is 0.643. The molecule has 3 aromatic rings. The van der Waals surface area contributed by atoms with Crippen molar-refractivity contribution in [3.63, 3.8) is 0 Å². The number of nitrogens with zero attached hydrogens (tertiary/aromatic N) is 4. The van der Waals surface area contributed by atoms with E-state index >= 15 is 0 Å². The zero-order chi connectivity index (χ0) is 21.3. The Morgan fingerprint density at radius 3 is 2.17 bits per heavy atom. The lowest BCUT2D eigenvalue weighted by atomic mass is 10.2. The number of aryl methyl sites for hydroxylation is 2. The monoisotopic (exact) mass is 424 g/mol. The van der Waals surface area contributed by atoms with E-state index in [1.165, 1.54) is 15.1 Å². The fourth-order valence-corrected chi connectivity index (χ4v) is 5.23. The number of anilines is 1. The third kappa shape index (κ3) is 3.88. The molecule has 0 unspecified atom stereocenters. The summed E-state index contributed by atoms with van der Waals surface area (Å²) in [5.41, 5.74) is 2.34. The second-order valence-corrected chi connectivity index (χ2v) is 9.34. The molecule has 8 heteroatoms. The minimum Gasteiger partial charge on any atom is -0.353 e. The zero-order valence-electron chi connectivity index (χ0n) is 17.0. The molecule has 1 aromatic heterocycles. The van der Waals surface area contributed by atoms with Gasteiger partial charge in [-0.3, -0.25) is 4.79 Å². The number of rotatable bonds is 4. The van der Waals surface area contributed by atoms with Gasteiger partial charge in [-0.25, -0.2) is 8.42 Å². The van der Waals surface area contributed by atoms with Crippen LogP contribution >= 0.6 is 0 Å². The predicted molar refractivity (Wildman–Crippen MR) is 117 cm³/mol. The van der Waals surface area contributed by atoms with Crippen molar-refractivity contribution in [1.29, 1.82) is 0 Å². The molecule has 4 rings (SSSR count). The summed E-state index contributed by atoms with van der Waals surface area (Å²) in [4.78, 5) is 14.7. The average Bonchev–Trinajstić information content (AvgIpc) is 2.75. The van der Waals surface area contributed by atoms with Gasteiger partial charge in [0.05, 0.1) is 10.6 Å². The number of aromatic nitrogens is 2. The second-order valence-electron chi connectivity index (χ2n) is 7.43. The molecule has 0 N–H and O–H groups in total. The van der Waals surface area contributed by atoms with Gasteiger partial charge in [0.15, 0.2) is 0 Å². The average molecular weight is 425 g/mol. The van der Waals surface area contributed by atoms with Crippen molar-refractivity contribution in [2.45, 2.75) is 18.7 Å². The molecule has 0 spiro atoms.